The Kier molecular flexibility index (Phi) is 5.23. The average molecular weight is 423 g/mol. The molecule has 0 atom stereocenters. The topological polar surface area (TPSA) is 92.3 Å². The Morgan fingerprint density at radius 2 is 1.74 bits per heavy atom. The summed E-state index contributed by atoms with van der Waals surface area (Å²) < 4.78 is 26.7. The third-order valence-corrected chi connectivity index (χ3v) is 6.80. The van der Waals surface area contributed by atoms with E-state index in [2.05, 4.69) is 5.32 Å². The van der Waals surface area contributed by atoms with Crippen LogP contribution >= 0.6 is 22.9 Å². The molecule has 0 saturated heterocycles. The first-order chi connectivity index (χ1) is 12.7. The number of fused-ring (bicyclic) bond motifs is 1. The molecule has 2 amide bonds. The number of amides is 2. The Morgan fingerprint density at radius 1 is 1.07 bits per heavy atom. The summed E-state index contributed by atoms with van der Waals surface area (Å²) in [7, 11) is -3.92. The zero-order chi connectivity index (χ0) is 19.8. The molecule has 0 bridgehead atoms. The molecule has 0 saturated carbocycles. The van der Waals surface area contributed by atoms with Gasteiger partial charge in [-0.15, -0.1) is 11.3 Å². The number of benzene rings is 2. The van der Waals surface area contributed by atoms with Crippen LogP contribution in [-0.4, -0.2) is 20.2 Å². The molecule has 140 valence electrons. The van der Waals surface area contributed by atoms with Crippen molar-refractivity contribution < 1.29 is 18.0 Å². The van der Waals surface area contributed by atoms with Gasteiger partial charge in [-0.25, -0.2) is 13.1 Å². The minimum Gasteiger partial charge on any atom is -0.321 e. The van der Waals surface area contributed by atoms with Gasteiger partial charge in [0, 0.05) is 22.7 Å². The standard InChI is InChI=1S/C18H15ClN2O4S2/c1-10-3-8-14-15(9-10)26-17(16(14)19)18(23)20-12-4-6-13(7-5-12)27(24,25)21-11(2)22/h3-9H,1-2H3,(H,20,23)(H,21,22). The van der Waals surface area contributed by atoms with Crippen molar-refractivity contribution in [1.29, 1.82) is 0 Å². The minimum absolute atomic E-state index is 0.0777. The van der Waals surface area contributed by atoms with Crippen molar-refractivity contribution in [2.75, 3.05) is 5.32 Å². The minimum atomic E-state index is -3.92. The van der Waals surface area contributed by atoms with Crippen LogP contribution in [0.25, 0.3) is 10.1 Å². The summed E-state index contributed by atoms with van der Waals surface area (Å²) in [6.07, 6.45) is 0. The van der Waals surface area contributed by atoms with E-state index in [1.807, 2.05) is 29.8 Å². The van der Waals surface area contributed by atoms with Gasteiger partial charge in [0.25, 0.3) is 15.9 Å². The molecule has 3 aromatic rings. The van der Waals surface area contributed by atoms with Gasteiger partial charge in [0.05, 0.1) is 9.92 Å². The van der Waals surface area contributed by atoms with E-state index in [4.69, 9.17) is 11.6 Å². The van der Waals surface area contributed by atoms with E-state index in [0.29, 0.717) is 15.6 Å². The summed E-state index contributed by atoms with van der Waals surface area (Å²) in [5, 5.41) is 3.90. The SMILES string of the molecule is CC(=O)NS(=O)(=O)c1ccc(NC(=O)c2sc3cc(C)ccc3c2Cl)cc1. The first kappa shape index (κ1) is 19.3. The number of halogens is 1. The zero-order valence-electron chi connectivity index (χ0n) is 14.4. The molecule has 1 heterocycles. The van der Waals surface area contributed by atoms with Crippen LogP contribution in [-0.2, 0) is 14.8 Å². The highest BCUT2D eigenvalue weighted by Gasteiger charge is 2.18. The Hall–Kier alpha value is -2.42. The lowest BCUT2D eigenvalue weighted by molar-refractivity contribution is -0.117. The molecule has 2 N–H and O–H groups in total. The van der Waals surface area contributed by atoms with Gasteiger partial charge in [-0.3, -0.25) is 9.59 Å². The van der Waals surface area contributed by atoms with E-state index >= 15 is 0 Å². The maximum Gasteiger partial charge on any atom is 0.267 e. The highest BCUT2D eigenvalue weighted by Crippen LogP contribution is 2.36. The number of hydrogen-bond acceptors (Lipinski definition) is 5. The van der Waals surface area contributed by atoms with E-state index in [0.717, 1.165) is 22.6 Å². The van der Waals surface area contributed by atoms with Crippen molar-refractivity contribution in [2.24, 2.45) is 0 Å². The first-order valence-electron chi connectivity index (χ1n) is 7.81. The normalized spacial score (nSPS) is 11.4. The maximum atomic E-state index is 12.6. The second kappa shape index (κ2) is 7.30. The van der Waals surface area contributed by atoms with Crippen LogP contribution in [0.5, 0.6) is 0 Å². The molecule has 0 aliphatic heterocycles. The predicted molar refractivity (Wildman–Crippen MR) is 107 cm³/mol. The lowest BCUT2D eigenvalue weighted by atomic mass is 10.2. The highest BCUT2D eigenvalue weighted by atomic mass is 35.5. The lowest BCUT2D eigenvalue weighted by Gasteiger charge is -2.07. The summed E-state index contributed by atoms with van der Waals surface area (Å²) in [6.45, 7) is 3.08. The molecular weight excluding hydrogens is 408 g/mol. The van der Waals surface area contributed by atoms with Crippen LogP contribution in [0.3, 0.4) is 0 Å². The number of sulfonamides is 1. The second-order valence-electron chi connectivity index (χ2n) is 5.88. The summed E-state index contributed by atoms with van der Waals surface area (Å²) >= 11 is 7.63. The van der Waals surface area contributed by atoms with Crippen LogP contribution < -0.4 is 10.0 Å². The Bertz CT molecular complexity index is 1150. The van der Waals surface area contributed by atoms with Gasteiger partial charge in [-0.1, -0.05) is 23.7 Å². The van der Waals surface area contributed by atoms with Gasteiger partial charge in [0.2, 0.25) is 5.91 Å². The second-order valence-corrected chi connectivity index (χ2v) is 9.00. The average Bonchev–Trinajstić information content (AvgIpc) is 2.90. The lowest BCUT2D eigenvalue weighted by Crippen LogP contribution is -2.28. The molecule has 3 rings (SSSR count). The first-order valence-corrected chi connectivity index (χ1v) is 10.5. The van der Waals surface area contributed by atoms with E-state index in [-0.39, 0.29) is 10.8 Å². The molecule has 0 spiro atoms. The predicted octanol–water partition coefficient (Wildman–Crippen LogP) is 3.94. The fourth-order valence-electron chi connectivity index (χ4n) is 2.47. The van der Waals surface area contributed by atoms with Crippen molar-refractivity contribution in [3.63, 3.8) is 0 Å². The largest absolute Gasteiger partial charge is 0.321 e. The summed E-state index contributed by atoms with van der Waals surface area (Å²) in [6, 6.07) is 11.3. The molecule has 9 heteroatoms. The van der Waals surface area contributed by atoms with Crippen LogP contribution in [0.15, 0.2) is 47.4 Å². The number of rotatable bonds is 4. The van der Waals surface area contributed by atoms with E-state index in [1.165, 1.54) is 35.6 Å². The molecule has 0 radical (unpaired) electrons. The molecule has 2 aromatic carbocycles. The van der Waals surface area contributed by atoms with E-state index in [9.17, 15) is 18.0 Å². The number of hydrogen-bond donors (Lipinski definition) is 2. The summed E-state index contributed by atoms with van der Waals surface area (Å²) in [5.41, 5.74) is 1.48. The zero-order valence-corrected chi connectivity index (χ0v) is 16.8. The third-order valence-electron chi connectivity index (χ3n) is 3.69. The summed E-state index contributed by atoms with van der Waals surface area (Å²) in [4.78, 5) is 23.8. The molecule has 0 aliphatic rings. The van der Waals surface area contributed by atoms with Crippen LogP contribution in [0.4, 0.5) is 5.69 Å². The number of carbonyl (C=O) groups excluding carboxylic acids is 2. The van der Waals surface area contributed by atoms with E-state index < -0.39 is 15.9 Å². The van der Waals surface area contributed by atoms with Gasteiger partial charge >= 0.3 is 0 Å². The molecule has 27 heavy (non-hydrogen) atoms. The maximum absolute atomic E-state index is 12.6. The van der Waals surface area contributed by atoms with E-state index in [1.54, 1.807) is 0 Å². The Labute approximate surface area is 165 Å². The Morgan fingerprint density at radius 3 is 2.37 bits per heavy atom. The number of thiophene rings is 1. The quantitative estimate of drug-likeness (QED) is 0.666. The smallest absolute Gasteiger partial charge is 0.267 e. The Balaban J connectivity index is 1.83. The van der Waals surface area contributed by atoms with Gasteiger partial charge in [-0.05, 0) is 42.8 Å². The van der Waals surface area contributed by atoms with Crippen LogP contribution in [0, 0.1) is 6.92 Å². The van der Waals surface area contributed by atoms with Crippen molar-refractivity contribution >= 4 is 60.5 Å². The third kappa shape index (κ3) is 4.13. The number of anilines is 1. The monoisotopic (exact) mass is 422 g/mol. The highest BCUT2D eigenvalue weighted by molar-refractivity contribution is 7.90. The van der Waals surface area contributed by atoms with Gasteiger partial charge in [0.1, 0.15) is 4.88 Å². The summed E-state index contributed by atoms with van der Waals surface area (Å²) in [5.74, 6) is -1.06. The molecule has 0 unspecified atom stereocenters. The van der Waals surface area contributed by atoms with Gasteiger partial charge < -0.3 is 5.32 Å². The fourth-order valence-corrected chi connectivity index (χ4v) is 4.97. The molecule has 1 aromatic heterocycles. The van der Waals surface area contributed by atoms with Crippen molar-refractivity contribution in [2.45, 2.75) is 18.7 Å². The van der Waals surface area contributed by atoms with Crippen molar-refractivity contribution in [3.8, 4) is 0 Å². The van der Waals surface area contributed by atoms with Gasteiger partial charge in [0.15, 0.2) is 0 Å². The van der Waals surface area contributed by atoms with Gasteiger partial charge in [-0.2, -0.15) is 0 Å². The number of aryl methyl sites for hydroxylation is 1. The van der Waals surface area contributed by atoms with Crippen molar-refractivity contribution in [1.82, 2.24) is 4.72 Å². The molecular formula is C18H15ClN2O4S2. The van der Waals surface area contributed by atoms with Crippen molar-refractivity contribution in [3.05, 3.63) is 57.9 Å². The van der Waals surface area contributed by atoms with Crippen LogP contribution in [0.1, 0.15) is 22.2 Å². The molecule has 6 nitrogen and oxygen atoms in total. The molecule has 0 aliphatic carbocycles. The molecule has 0 fully saturated rings. The number of carbonyl (C=O) groups is 2. The van der Waals surface area contributed by atoms with Crippen LogP contribution in [0.2, 0.25) is 5.02 Å². The number of nitrogens with one attached hydrogen (secondary N) is 2. The fraction of sp³-hybridized carbons (Fsp3) is 0.111.